The molecule has 1 saturated heterocycles. The van der Waals surface area contributed by atoms with Crippen LogP contribution in [0.15, 0.2) is 63.5 Å². The highest BCUT2D eigenvalue weighted by Crippen LogP contribution is 2.30. The van der Waals surface area contributed by atoms with Gasteiger partial charge < -0.3 is 5.11 Å². The number of aromatic amines is 1. The van der Waals surface area contributed by atoms with Gasteiger partial charge in [-0.2, -0.15) is 5.10 Å². The first kappa shape index (κ1) is 19.6. The van der Waals surface area contributed by atoms with E-state index >= 15 is 0 Å². The summed E-state index contributed by atoms with van der Waals surface area (Å²) in [5.41, 5.74) is 1.08. The topological polar surface area (TPSA) is 104 Å². The molecule has 0 unspecified atom stereocenters. The van der Waals surface area contributed by atoms with Crippen molar-refractivity contribution in [1.82, 2.24) is 19.5 Å². The zero-order valence-corrected chi connectivity index (χ0v) is 16.7. The summed E-state index contributed by atoms with van der Waals surface area (Å²) in [7, 11) is 0. The van der Waals surface area contributed by atoms with Crippen LogP contribution in [0.2, 0.25) is 0 Å². The van der Waals surface area contributed by atoms with Gasteiger partial charge in [-0.1, -0.05) is 23.8 Å². The zero-order chi connectivity index (χ0) is 21.1. The SMILES string of the molecule is Cc1ccc(-n2c(O)c(/C=N/N3CCCC[C@@H]3c3cccnc3)c(=O)[nH]c2=O)cc1. The maximum Gasteiger partial charge on any atom is 0.335 e. The first-order chi connectivity index (χ1) is 14.5. The predicted octanol–water partition coefficient (Wildman–Crippen LogP) is 2.50. The van der Waals surface area contributed by atoms with Gasteiger partial charge in [0.1, 0.15) is 5.56 Å². The fourth-order valence-corrected chi connectivity index (χ4v) is 3.69. The number of pyridine rings is 1. The smallest absolute Gasteiger partial charge is 0.335 e. The highest BCUT2D eigenvalue weighted by molar-refractivity contribution is 5.82. The van der Waals surface area contributed by atoms with Crippen LogP contribution in [0.5, 0.6) is 5.88 Å². The van der Waals surface area contributed by atoms with Gasteiger partial charge in [0.2, 0.25) is 5.88 Å². The second-order valence-electron chi connectivity index (χ2n) is 7.37. The first-order valence-electron chi connectivity index (χ1n) is 9.90. The van der Waals surface area contributed by atoms with Crippen molar-refractivity contribution < 1.29 is 5.11 Å². The van der Waals surface area contributed by atoms with E-state index in [2.05, 4.69) is 15.1 Å². The Balaban J connectivity index is 1.71. The molecule has 0 amide bonds. The van der Waals surface area contributed by atoms with Gasteiger partial charge >= 0.3 is 5.69 Å². The molecule has 0 spiro atoms. The van der Waals surface area contributed by atoms with Crippen LogP contribution in [-0.2, 0) is 0 Å². The summed E-state index contributed by atoms with van der Waals surface area (Å²) < 4.78 is 1.07. The summed E-state index contributed by atoms with van der Waals surface area (Å²) in [4.78, 5) is 31.2. The quantitative estimate of drug-likeness (QED) is 0.649. The van der Waals surface area contributed by atoms with Gasteiger partial charge in [0.05, 0.1) is 17.9 Å². The second kappa shape index (κ2) is 8.36. The molecule has 0 saturated carbocycles. The molecule has 2 N–H and O–H groups in total. The monoisotopic (exact) mass is 405 g/mol. The van der Waals surface area contributed by atoms with Gasteiger partial charge in [-0.3, -0.25) is 19.8 Å². The molecular formula is C22H23N5O3. The number of benzene rings is 1. The van der Waals surface area contributed by atoms with E-state index in [1.807, 2.05) is 42.4 Å². The third-order valence-corrected chi connectivity index (χ3v) is 5.29. The number of aromatic nitrogens is 3. The van der Waals surface area contributed by atoms with Crippen molar-refractivity contribution in [2.24, 2.45) is 5.10 Å². The summed E-state index contributed by atoms with van der Waals surface area (Å²) in [5.74, 6) is -0.439. The summed E-state index contributed by atoms with van der Waals surface area (Å²) >= 11 is 0. The number of hydrogen-bond acceptors (Lipinski definition) is 6. The Morgan fingerprint density at radius 2 is 2.00 bits per heavy atom. The molecule has 3 heterocycles. The lowest BCUT2D eigenvalue weighted by molar-refractivity contribution is 0.156. The van der Waals surface area contributed by atoms with E-state index in [-0.39, 0.29) is 11.6 Å². The van der Waals surface area contributed by atoms with E-state index in [9.17, 15) is 14.7 Å². The maximum atomic E-state index is 12.4. The van der Waals surface area contributed by atoms with E-state index in [1.54, 1.807) is 18.3 Å². The number of aromatic hydroxyl groups is 1. The van der Waals surface area contributed by atoms with Crippen LogP contribution in [0.3, 0.4) is 0 Å². The molecule has 0 bridgehead atoms. The summed E-state index contributed by atoms with van der Waals surface area (Å²) in [6, 6.07) is 11.0. The Labute approximate surface area is 173 Å². The minimum Gasteiger partial charge on any atom is -0.493 e. The van der Waals surface area contributed by atoms with E-state index in [0.717, 1.165) is 41.5 Å². The molecular weight excluding hydrogens is 382 g/mol. The summed E-state index contributed by atoms with van der Waals surface area (Å²) in [5, 5.41) is 17.1. The Kier molecular flexibility index (Phi) is 5.47. The normalized spacial score (nSPS) is 16.8. The lowest BCUT2D eigenvalue weighted by Crippen LogP contribution is -2.32. The largest absolute Gasteiger partial charge is 0.493 e. The van der Waals surface area contributed by atoms with Crippen LogP contribution in [0.1, 0.15) is 42.0 Å². The average molecular weight is 405 g/mol. The highest BCUT2D eigenvalue weighted by atomic mass is 16.3. The molecule has 0 aliphatic carbocycles. The molecule has 4 rings (SSSR count). The molecule has 1 fully saturated rings. The van der Waals surface area contributed by atoms with Crippen molar-refractivity contribution in [2.75, 3.05) is 6.54 Å². The molecule has 3 aromatic rings. The number of nitrogens with one attached hydrogen (secondary N) is 1. The number of H-pyrrole nitrogens is 1. The molecule has 1 atom stereocenters. The summed E-state index contributed by atoms with van der Waals surface area (Å²) in [6.45, 7) is 2.65. The molecule has 154 valence electrons. The number of piperidine rings is 1. The van der Waals surface area contributed by atoms with Gasteiger partial charge in [-0.05, 0) is 49.9 Å². The van der Waals surface area contributed by atoms with Gasteiger partial charge in [0, 0.05) is 18.9 Å². The van der Waals surface area contributed by atoms with Crippen LogP contribution in [0.4, 0.5) is 0 Å². The van der Waals surface area contributed by atoms with E-state index in [1.165, 1.54) is 6.21 Å². The summed E-state index contributed by atoms with van der Waals surface area (Å²) in [6.07, 6.45) is 7.86. The zero-order valence-electron chi connectivity index (χ0n) is 16.7. The van der Waals surface area contributed by atoms with Crippen molar-refractivity contribution in [3.05, 3.63) is 86.3 Å². The van der Waals surface area contributed by atoms with Crippen LogP contribution in [0.25, 0.3) is 5.69 Å². The second-order valence-corrected chi connectivity index (χ2v) is 7.37. The highest BCUT2D eigenvalue weighted by Gasteiger charge is 2.23. The molecule has 30 heavy (non-hydrogen) atoms. The standard InChI is InChI=1S/C22H23N5O3/c1-15-7-9-17(10-8-15)27-21(29)18(20(28)25-22(27)30)14-24-26-12-3-2-6-19(26)16-5-4-11-23-13-16/h4-5,7-11,13-14,19,29H,2-3,6,12H2,1H3,(H,25,28,30)/b24-14+/t19-/m1/s1. The Morgan fingerprint density at radius 1 is 1.20 bits per heavy atom. The molecule has 1 aliphatic rings. The molecule has 8 heteroatoms. The minimum atomic E-state index is -0.704. The first-order valence-corrected chi connectivity index (χ1v) is 9.90. The fraction of sp³-hybridized carbons (Fsp3) is 0.273. The number of nitrogens with zero attached hydrogens (tertiary/aromatic N) is 4. The van der Waals surface area contributed by atoms with Crippen molar-refractivity contribution in [1.29, 1.82) is 0 Å². The molecule has 1 aromatic carbocycles. The van der Waals surface area contributed by atoms with E-state index in [0.29, 0.717) is 5.69 Å². The molecule has 1 aliphatic heterocycles. The number of aryl methyl sites for hydroxylation is 1. The van der Waals surface area contributed by atoms with Crippen LogP contribution in [0, 0.1) is 6.92 Å². The third kappa shape index (κ3) is 3.89. The van der Waals surface area contributed by atoms with Gasteiger partial charge in [-0.15, -0.1) is 0 Å². The van der Waals surface area contributed by atoms with Crippen molar-refractivity contribution >= 4 is 6.21 Å². The Morgan fingerprint density at radius 3 is 2.73 bits per heavy atom. The van der Waals surface area contributed by atoms with E-state index in [4.69, 9.17) is 0 Å². The van der Waals surface area contributed by atoms with Crippen LogP contribution >= 0.6 is 0 Å². The van der Waals surface area contributed by atoms with E-state index < -0.39 is 17.1 Å². The average Bonchev–Trinajstić information content (AvgIpc) is 2.75. The van der Waals surface area contributed by atoms with Crippen LogP contribution < -0.4 is 11.2 Å². The molecule has 0 radical (unpaired) electrons. The van der Waals surface area contributed by atoms with Gasteiger partial charge in [0.25, 0.3) is 5.56 Å². The lowest BCUT2D eigenvalue weighted by atomic mass is 9.98. The predicted molar refractivity (Wildman–Crippen MR) is 114 cm³/mol. The molecule has 2 aromatic heterocycles. The number of hydrogen-bond donors (Lipinski definition) is 2. The Hall–Kier alpha value is -3.68. The van der Waals surface area contributed by atoms with Crippen LogP contribution in [-0.4, -0.2) is 37.4 Å². The van der Waals surface area contributed by atoms with Crippen molar-refractivity contribution in [3.63, 3.8) is 0 Å². The minimum absolute atomic E-state index is 0.0490. The van der Waals surface area contributed by atoms with Gasteiger partial charge in [0.15, 0.2) is 0 Å². The maximum absolute atomic E-state index is 12.4. The van der Waals surface area contributed by atoms with Gasteiger partial charge in [-0.25, -0.2) is 9.36 Å². The fourth-order valence-electron chi connectivity index (χ4n) is 3.69. The number of hydrazone groups is 1. The third-order valence-electron chi connectivity index (χ3n) is 5.29. The lowest BCUT2D eigenvalue weighted by Gasteiger charge is -2.33. The molecule has 8 nitrogen and oxygen atoms in total. The van der Waals surface area contributed by atoms with Crippen molar-refractivity contribution in [3.8, 4) is 11.6 Å². The number of rotatable bonds is 4. The Bertz CT molecular complexity index is 1170. The van der Waals surface area contributed by atoms with Crippen molar-refractivity contribution in [2.45, 2.75) is 32.2 Å².